The minimum absolute atomic E-state index is 0.166. The number of aromatic nitrogens is 2. The van der Waals surface area contributed by atoms with Crippen molar-refractivity contribution in [3.05, 3.63) is 69.6 Å². The van der Waals surface area contributed by atoms with E-state index in [-0.39, 0.29) is 23.2 Å². The minimum atomic E-state index is -0.566. The van der Waals surface area contributed by atoms with Gasteiger partial charge in [-0.2, -0.15) is 5.26 Å². The number of fused-ring (bicyclic) bond motifs is 1. The van der Waals surface area contributed by atoms with Crippen LogP contribution in [0.15, 0.2) is 53.0 Å². The Morgan fingerprint density at radius 1 is 1.14 bits per heavy atom. The molecule has 4 rings (SSSR count). The van der Waals surface area contributed by atoms with E-state index in [1.807, 2.05) is 48.2 Å². The van der Waals surface area contributed by atoms with Gasteiger partial charge in [0.2, 0.25) is 0 Å². The Kier molecular flexibility index (Phi) is 8.05. The van der Waals surface area contributed by atoms with Gasteiger partial charge in [-0.3, -0.25) is 14.0 Å². The maximum absolute atomic E-state index is 13.6. The summed E-state index contributed by atoms with van der Waals surface area (Å²) < 4.78 is 11.7. The second-order valence-corrected chi connectivity index (χ2v) is 8.63. The van der Waals surface area contributed by atoms with E-state index in [1.54, 1.807) is 19.4 Å². The van der Waals surface area contributed by atoms with Crippen molar-refractivity contribution in [2.24, 2.45) is 0 Å². The Bertz CT molecular complexity index is 1400. The fraction of sp³-hybridized carbons (Fsp3) is 0.333. The van der Waals surface area contributed by atoms with Gasteiger partial charge in [-0.25, -0.2) is 4.98 Å². The standard InChI is InChI=1S/C27H30N6O4/c1-19-5-4-11-33-24(19)30-25(23(27(33)35)17-20(18-28)26(34)29-10-16-36-2)32-14-12-31(13-15-32)21-6-8-22(37-3)9-7-21/h4-9,11,17H,10,12-16H2,1-3H3,(H,29,34)/b20-17+. The maximum Gasteiger partial charge on any atom is 0.267 e. The van der Waals surface area contributed by atoms with E-state index in [2.05, 4.69) is 10.2 Å². The average Bonchev–Trinajstić information content (AvgIpc) is 2.93. The first-order chi connectivity index (χ1) is 18.0. The highest BCUT2D eigenvalue weighted by Crippen LogP contribution is 2.25. The lowest BCUT2D eigenvalue weighted by molar-refractivity contribution is -0.117. The third-order valence-electron chi connectivity index (χ3n) is 6.33. The molecular formula is C27H30N6O4. The van der Waals surface area contributed by atoms with E-state index in [0.717, 1.165) is 17.0 Å². The number of hydrogen-bond donors (Lipinski definition) is 1. The highest BCUT2D eigenvalue weighted by Gasteiger charge is 2.24. The van der Waals surface area contributed by atoms with Crippen LogP contribution >= 0.6 is 0 Å². The summed E-state index contributed by atoms with van der Waals surface area (Å²) in [5.41, 5.74) is 2.19. The van der Waals surface area contributed by atoms with Crippen molar-refractivity contribution in [1.82, 2.24) is 14.7 Å². The predicted molar refractivity (Wildman–Crippen MR) is 142 cm³/mol. The Hall–Kier alpha value is -4.36. The molecule has 1 aliphatic rings. The first-order valence-corrected chi connectivity index (χ1v) is 12.0. The Morgan fingerprint density at radius 3 is 2.49 bits per heavy atom. The van der Waals surface area contributed by atoms with Crippen molar-refractivity contribution in [1.29, 1.82) is 5.26 Å². The molecule has 0 saturated carbocycles. The predicted octanol–water partition coefficient (Wildman–Crippen LogP) is 2.01. The first-order valence-electron chi connectivity index (χ1n) is 12.0. The zero-order valence-electron chi connectivity index (χ0n) is 21.2. The highest BCUT2D eigenvalue weighted by atomic mass is 16.5. The van der Waals surface area contributed by atoms with Crippen molar-refractivity contribution in [3.63, 3.8) is 0 Å². The Balaban J connectivity index is 1.69. The van der Waals surface area contributed by atoms with E-state index in [0.29, 0.717) is 44.3 Å². The highest BCUT2D eigenvalue weighted by molar-refractivity contribution is 6.02. The molecule has 10 nitrogen and oxygen atoms in total. The SMILES string of the molecule is COCCNC(=O)/C(C#N)=C/c1c(N2CCN(c3ccc(OC)cc3)CC2)nc2c(C)cccn2c1=O. The van der Waals surface area contributed by atoms with E-state index in [9.17, 15) is 14.9 Å². The molecule has 0 aliphatic carbocycles. The molecule has 10 heteroatoms. The molecule has 0 spiro atoms. The first kappa shape index (κ1) is 25.7. The molecule has 3 aromatic rings. The number of amides is 1. The van der Waals surface area contributed by atoms with E-state index < -0.39 is 5.91 Å². The maximum atomic E-state index is 13.6. The summed E-state index contributed by atoms with van der Waals surface area (Å²) in [5, 5.41) is 12.3. The molecule has 3 heterocycles. The van der Waals surface area contributed by atoms with Gasteiger partial charge in [-0.1, -0.05) is 6.07 Å². The van der Waals surface area contributed by atoms with Gasteiger partial charge in [0, 0.05) is 51.7 Å². The van der Waals surface area contributed by atoms with Crippen LogP contribution in [0.1, 0.15) is 11.1 Å². The molecule has 1 amide bonds. The fourth-order valence-corrected chi connectivity index (χ4v) is 4.29. The van der Waals surface area contributed by atoms with Crippen LogP contribution in [-0.4, -0.2) is 68.8 Å². The molecular weight excluding hydrogens is 472 g/mol. The molecule has 1 saturated heterocycles. The average molecular weight is 503 g/mol. The lowest BCUT2D eigenvalue weighted by Gasteiger charge is -2.37. The summed E-state index contributed by atoms with van der Waals surface area (Å²) in [6, 6.07) is 13.5. The summed E-state index contributed by atoms with van der Waals surface area (Å²) in [6.07, 6.45) is 2.99. The van der Waals surface area contributed by atoms with Crippen LogP contribution in [0.2, 0.25) is 0 Å². The van der Waals surface area contributed by atoms with Crippen LogP contribution in [0.25, 0.3) is 11.7 Å². The normalized spacial score (nSPS) is 13.9. The van der Waals surface area contributed by atoms with Crippen molar-refractivity contribution in [2.75, 3.05) is 63.4 Å². The number of nitriles is 1. The number of nitrogens with one attached hydrogen (secondary N) is 1. The molecule has 192 valence electrons. The molecule has 0 atom stereocenters. The zero-order valence-corrected chi connectivity index (χ0v) is 21.2. The number of carbonyl (C=O) groups excluding carboxylic acids is 1. The summed E-state index contributed by atoms with van der Waals surface area (Å²) in [7, 11) is 3.17. The van der Waals surface area contributed by atoms with Crippen LogP contribution in [0.5, 0.6) is 5.75 Å². The largest absolute Gasteiger partial charge is 0.497 e. The van der Waals surface area contributed by atoms with Gasteiger partial charge in [-0.15, -0.1) is 0 Å². The third-order valence-corrected chi connectivity index (χ3v) is 6.33. The van der Waals surface area contributed by atoms with E-state index in [4.69, 9.17) is 14.5 Å². The number of pyridine rings is 1. The molecule has 37 heavy (non-hydrogen) atoms. The van der Waals surface area contributed by atoms with Crippen LogP contribution in [0.4, 0.5) is 11.5 Å². The van der Waals surface area contributed by atoms with Crippen LogP contribution in [-0.2, 0) is 9.53 Å². The summed E-state index contributed by atoms with van der Waals surface area (Å²) in [5.74, 6) is 0.698. The van der Waals surface area contributed by atoms with Gasteiger partial charge in [-0.05, 0) is 48.9 Å². The Labute approximate surface area is 215 Å². The molecule has 0 bridgehead atoms. The number of piperazine rings is 1. The van der Waals surface area contributed by atoms with Gasteiger partial charge in [0.25, 0.3) is 11.5 Å². The van der Waals surface area contributed by atoms with Crippen molar-refractivity contribution in [3.8, 4) is 11.8 Å². The number of methoxy groups -OCH3 is 2. The summed E-state index contributed by atoms with van der Waals surface area (Å²) in [6.45, 7) is 5.12. The van der Waals surface area contributed by atoms with Gasteiger partial charge < -0.3 is 24.6 Å². The molecule has 1 N–H and O–H groups in total. The lowest BCUT2D eigenvalue weighted by atomic mass is 10.1. The number of rotatable bonds is 8. The number of ether oxygens (including phenoxy) is 2. The van der Waals surface area contributed by atoms with Crippen molar-refractivity contribution < 1.29 is 14.3 Å². The van der Waals surface area contributed by atoms with Gasteiger partial charge in [0.15, 0.2) is 0 Å². The second kappa shape index (κ2) is 11.6. The second-order valence-electron chi connectivity index (χ2n) is 8.63. The molecule has 1 aromatic carbocycles. The quantitative estimate of drug-likeness (QED) is 0.283. The number of nitrogens with zero attached hydrogens (tertiary/aromatic N) is 5. The third kappa shape index (κ3) is 5.57. The molecule has 0 unspecified atom stereocenters. The number of benzene rings is 1. The summed E-state index contributed by atoms with van der Waals surface area (Å²) in [4.78, 5) is 35.3. The Morgan fingerprint density at radius 2 is 1.84 bits per heavy atom. The number of carbonyl (C=O) groups is 1. The molecule has 1 aliphatic heterocycles. The van der Waals surface area contributed by atoms with Crippen molar-refractivity contribution >= 4 is 29.1 Å². The lowest BCUT2D eigenvalue weighted by Crippen LogP contribution is -2.47. The molecule has 0 radical (unpaired) electrons. The monoisotopic (exact) mass is 502 g/mol. The smallest absolute Gasteiger partial charge is 0.267 e. The topological polar surface area (TPSA) is 112 Å². The van der Waals surface area contributed by atoms with Gasteiger partial charge >= 0.3 is 0 Å². The van der Waals surface area contributed by atoms with Crippen molar-refractivity contribution in [2.45, 2.75) is 6.92 Å². The number of anilines is 2. The number of aryl methyl sites for hydroxylation is 1. The fourth-order valence-electron chi connectivity index (χ4n) is 4.29. The molecule has 2 aromatic heterocycles. The zero-order chi connectivity index (χ0) is 26.4. The van der Waals surface area contributed by atoms with Crippen LogP contribution < -0.4 is 25.4 Å². The molecule has 1 fully saturated rings. The van der Waals surface area contributed by atoms with Crippen LogP contribution in [0.3, 0.4) is 0 Å². The summed E-state index contributed by atoms with van der Waals surface area (Å²) >= 11 is 0. The van der Waals surface area contributed by atoms with E-state index >= 15 is 0 Å². The van der Waals surface area contributed by atoms with E-state index in [1.165, 1.54) is 17.6 Å². The minimum Gasteiger partial charge on any atom is -0.497 e. The number of hydrogen-bond acceptors (Lipinski definition) is 8. The van der Waals surface area contributed by atoms with Gasteiger partial charge in [0.05, 0.1) is 19.3 Å². The van der Waals surface area contributed by atoms with Crippen LogP contribution in [0, 0.1) is 18.3 Å². The van der Waals surface area contributed by atoms with Gasteiger partial charge in [0.1, 0.15) is 28.9 Å².